The van der Waals surface area contributed by atoms with Crippen molar-refractivity contribution >= 4 is 11.3 Å². The molecular formula is C14H16F2N2OS. The van der Waals surface area contributed by atoms with Crippen LogP contribution >= 0.6 is 11.3 Å². The van der Waals surface area contributed by atoms with Crippen LogP contribution in [0.4, 0.5) is 8.78 Å². The van der Waals surface area contributed by atoms with E-state index in [1.807, 2.05) is 12.4 Å². The van der Waals surface area contributed by atoms with Gasteiger partial charge in [0.15, 0.2) is 0 Å². The first-order chi connectivity index (χ1) is 9.56. The first-order valence-electron chi connectivity index (χ1n) is 6.23. The van der Waals surface area contributed by atoms with Crippen LogP contribution in [-0.2, 0) is 6.54 Å². The predicted molar refractivity (Wildman–Crippen MR) is 75.2 cm³/mol. The van der Waals surface area contributed by atoms with Gasteiger partial charge in [0.25, 0.3) is 0 Å². The van der Waals surface area contributed by atoms with Crippen molar-refractivity contribution in [3.8, 4) is 5.75 Å². The zero-order valence-electron chi connectivity index (χ0n) is 11.3. The van der Waals surface area contributed by atoms with E-state index in [4.69, 9.17) is 0 Å². The van der Waals surface area contributed by atoms with Crippen LogP contribution in [-0.4, -0.2) is 11.6 Å². The third-order valence-electron chi connectivity index (χ3n) is 2.94. The second-order valence-corrected chi connectivity index (χ2v) is 5.31. The van der Waals surface area contributed by atoms with E-state index in [9.17, 15) is 8.78 Å². The second kappa shape index (κ2) is 6.76. The molecule has 1 atom stereocenters. The van der Waals surface area contributed by atoms with Gasteiger partial charge in [-0.3, -0.25) is 0 Å². The largest absolute Gasteiger partial charge is 0.435 e. The Morgan fingerprint density at radius 1 is 1.30 bits per heavy atom. The molecule has 1 unspecified atom stereocenters. The summed E-state index contributed by atoms with van der Waals surface area (Å²) in [6.45, 7) is 1.94. The molecule has 0 aliphatic rings. The summed E-state index contributed by atoms with van der Waals surface area (Å²) in [5.41, 5.74) is 3.88. The Morgan fingerprint density at radius 2 is 2.00 bits per heavy atom. The lowest BCUT2D eigenvalue weighted by molar-refractivity contribution is -0.0498. The van der Waals surface area contributed by atoms with Crippen LogP contribution in [0, 0.1) is 6.92 Å². The molecule has 0 saturated carbocycles. The summed E-state index contributed by atoms with van der Waals surface area (Å²) in [5, 5.41) is 3.38. The van der Waals surface area contributed by atoms with Crippen molar-refractivity contribution in [2.45, 2.75) is 33.0 Å². The molecule has 1 aromatic heterocycles. The van der Waals surface area contributed by atoms with Crippen LogP contribution < -0.4 is 10.1 Å². The second-order valence-electron chi connectivity index (χ2n) is 4.43. The SMILES string of the molecule is Cc1ncsc1C(C)NCc1ccc(OC(F)F)cc1. The number of rotatable bonds is 6. The van der Waals surface area contributed by atoms with Crippen LogP contribution in [0.25, 0.3) is 0 Å². The molecule has 2 aromatic rings. The molecule has 108 valence electrons. The van der Waals surface area contributed by atoms with Gasteiger partial charge in [-0.2, -0.15) is 8.78 Å². The summed E-state index contributed by atoms with van der Waals surface area (Å²) in [6, 6.07) is 6.85. The molecule has 0 amide bonds. The first-order valence-corrected chi connectivity index (χ1v) is 7.11. The Bertz CT molecular complexity index is 542. The van der Waals surface area contributed by atoms with Crippen LogP contribution in [0.1, 0.15) is 29.1 Å². The third kappa shape index (κ3) is 3.98. The lowest BCUT2D eigenvalue weighted by Gasteiger charge is -2.13. The Kier molecular flexibility index (Phi) is 5.03. The number of halogens is 2. The number of hydrogen-bond acceptors (Lipinski definition) is 4. The lowest BCUT2D eigenvalue weighted by Crippen LogP contribution is -2.17. The summed E-state index contributed by atoms with van der Waals surface area (Å²) < 4.78 is 28.4. The average molecular weight is 298 g/mol. The van der Waals surface area contributed by atoms with Gasteiger partial charge in [-0.15, -0.1) is 11.3 Å². The van der Waals surface area contributed by atoms with Crippen molar-refractivity contribution < 1.29 is 13.5 Å². The normalized spacial score (nSPS) is 12.7. The highest BCUT2D eigenvalue weighted by Crippen LogP contribution is 2.21. The molecule has 0 aliphatic heterocycles. The molecule has 0 saturated heterocycles. The zero-order chi connectivity index (χ0) is 14.5. The lowest BCUT2D eigenvalue weighted by atomic mass is 10.2. The van der Waals surface area contributed by atoms with E-state index in [0.29, 0.717) is 6.54 Å². The molecule has 0 fully saturated rings. The van der Waals surface area contributed by atoms with E-state index in [1.54, 1.807) is 35.6 Å². The van der Waals surface area contributed by atoms with E-state index in [1.165, 1.54) is 4.88 Å². The molecule has 6 heteroatoms. The van der Waals surface area contributed by atoms with Gasteiger partial charge in [-0.1, -0.05) is 12.1 Å². The number of aromatic nitrogens is 1. The highest BCUT2D eigenvalue weighted by molar-refractivity contribution is 7.09. The van der Waals surface area contributed by atoms with Gasteiger partial charge in [0.2, 0.25) is 0 Å². The zero-order valence-corrected chi connectivity index (χ0v) is 12.1. The fourth-order valence-corrected chi connectivity index (χ4v) is 2.71. The third-order valence-corrected chi connectivity index (χ3v) is 4.05. The molecule has 0 aliphatic carbocycles. The predicted octanol–water partition coefficient (Wildman–Crippen LogP) is 3.90. The number of thiazole rings is 1. The van der Waals surface area contributed by atoms with E-state index < -0.39 is 6.61 Å². The van der Waals surface area contributed by atoms with Crippen LogP contribution in [0.15, 0.2) is 29.8 Å². The minimum absolute atomic E-state index is 0.176. The number of alkyl halides is 2. The Hall–Kier alpha value is -1.53. The molecule has 1 N–H and O–H groups in total. The fraction of sp³-hybridized carbons (Fsp3) is 0.357. The number of nitrogens with one attached hydrogen (secondary N) is 1. The molecule has 0 bridgehead atoms. The van der Waals surface area contributed by atoms with Gasteiger partial charge in [0, 0.05) is 17.5 Å². The number of ether oxygens (including phenoxy) is 1. The van der Waals surface area contributed by atoms with Crippen LogP contribution in [0.5, 0.6) is 5.75 Å². The molecule has 0 radical (unpaired) electrons. The molecule has 0 spiro atoms. The quantitative estimate of drug-likeness (QED) is 0.878. The molecule has 2 rings (SSSR count). The number of hydrogen-bond donors (Lipinski definition) is 1. The first kappa shape index (κ1) is 14.9. The van der Waals surface area contributed by atoms with E-state index in [2.05, 4.69) is 22.0 Å². The van der Waals surface area contributed by atoms with Crippen LogP contribution in [0.3, 0.4) is 0 Å². The summed E-state index contributed by atoms with van der Waals surface area (Å²) in [5.74, 6) is 0.176. The number of nitrogens with zero attached hydrogens (tertiary/aromatic N) is 1. The van der Waals surface area contributed by atoms with Crippen molar-refractivity contribution in [1.82, 2.24) is 10.3 Å². The number of benzene rings is 1. The van der Waals surface area contributed by atoms with Crippen molar-refractivity contribution in [3.05, 3.63) is 45.9 Å². The molecule has 20 heavy (non-hydrogen) atoms. The maximum Gasteiger partial charge on any atom is 0.387 e. The van der Waals surface area contributed by atoms with Crippen LogP contribution in [0.2, 0.25) is 0 Å². The number of aryl methyl sites for hydroxylation is 1. The van der Waals surface area contributed by atoms with Crippen molar-refractivity contribution in [2.24, 2.45) is 0 Å². The standard InChI is InChI=1S/C14H16F2N2OS/c1-9(13-10(2)18-8-20-13)17-7-11-3-5-12(6-4-11)19-14(15)16/h3-6,8-9,14,17H,7H2,1-2H3. The molecular weight excluding hydrogens is 282 g/mol. The topological polar surface area (TPSA) is 34.2 Å². The van der Waals surface area contributed by atoms with Gasteiger partial charge < -0.3 is 10.1 Å². The highest BCUT2D eigenvalue weighted by atomic mass is 32.1. The average Bonchev–Trinajstić information content (AvgIpc) is 2.83. The van der Waals surface area contributed by atoms with Crippen molar-refractivity contribution in [3.63, 3.8) is 0 Å². The minimum Gasteiger partial charge on any atom is -0.435 e. The van der Waals surface area contributed by atoms with E-state index in [0.717, 1.165) is 11.3 Å². The van der Waals surface area contributed by atoms with Crippen molar-refractivity contribution in [2.75, 3.05) is 0 Å². The van der Waals surface area contributed by atoms with Gasteiger partial charge in [-0.25, -0.2) is 4.98 Å². The van der Waals surface area contributed by atoms with Gasteiger partial charge >= 0.3 is 6.61 Å². The molecule has 1 heterocycles. The van der Waals surface area contributed by atoms with Crippen molar-refractivity contribution in [1.29, 1.82) is 0 Å². The van der Waals surface area contributed by atoms with Gasteiger partial charge in [-0.05, 0) is 31.5 Å². The smallest absolute Gasteiger partial charge is 0.387 e. The van der Waals surface area contributed by atoms with Gasteiger partial charge in [0.05, 0.1) is 11.2 Å². The summed E-state index contributed by atoms with van der Waals surface area (Å²) in [4.78, 5) is 5.43. The van der Waals surface area contributed by atoms with Gasteiger partial charge in [0.1, 0.15) is 5.75 Å². The Balaban J connectivity index is 1.89. The maximum atomic E-state index is 12.0. The summed E-state index contributed by atoms with van der Waals surface area (Å²) >= 11 is 1.63. The highest BCUT2D eigenvalue weighted by Gasteiger charge is 2.10. The Labute approximate surface area is 120 Å². The van der Waals surface area contributed by atoms with E-state index in [-0.39, 0.29) is 11.8 Å². The molecule has 3 nitrogen and oxygen atoms in total. The monoisotopic (exact) mass is 298 g/mol. The minimum atomic E-state index is -2.78. The summed E-state index contributed by atoms with van der Waals surface area (Å²) in [7, 11) is 0. The molecule has 1 aromatic carbocycles. The fourth-order valence-electron chi connectivity index (χ4n) is 1.88. The van der Waals surface area contributed by atoms with E-state index >= 15 is 0 Å². The maximum absolute atomic E-state index is 12.0. The Morgan fingerprint density at radius 3 is 2.55 bits per heavy atom. The summed E-state index contributed by atoms with van der Waals surface area (Å²) in [6.07, 6.45) is 0.